The van der Waals surface area contributed by atoms with Gasteiger partial charge in [0, 0.05) is 13.1 Å². The molecule has 0 atom stereocenters. The smallest absolute Gasteiger partial charge is 0.210 e. The Morgan fingerprint density at radius 1 is 0.929 bits per heavy atom. The van der Waals surface area contributed by atoms with Crippen molar-refractivity contribution < 1.29 is 22.0 Å². The third kappa shape index (κ3) is 9.83. The van der Waals surface area contributed by atoms with E-state index in [9.17, 15) is 16.8 Å². The molecule has 0 aliphatic carbocycles. The number of rotatable bonds is 6. The monoisotopic (exact) mass is 247 g/mol. The average Bonchev–Trinajstić information content (AvgIpc) is 1.94. The van der Waals surface area contributed by atoms with Gasteiger partial charge in [0.05, 0.1) is 11.5 Å². The summed E-state index contributed by atoms with van der Waals surface area (Å²) >= 11 is 0. The number of sulfonamides is 2. The van der Waals surface area contributed by atoms with Crippen LogP contribution < -0.4 is 10.3 Å². The highest BCUT2D eigenvalue weighted by molar-refractivity contribution is 7.89. The first kappa shape index (κ1) is 13.7. The van der Waals surface area contributed by atoms with Crippen molar-refractivity contribution in [3.63, 3.8) is 0 Å². The molecule has 8 nitrogen and oxygen atoms in total. The summed E-state index contributed by atoms with van der Waals surface area (Å²) in [5, 5.41) is 18.8. The zero-order valence-electron chi connectivity index (χ0n) is 7.33. The van der Waals surface area contributed by atoms with Crippen molar-refractivity contribution in [2.45, 2.75) is 0 Å². The third-order valence-corrected chi connectivity index (χ3v) is 2.77. The lowest BCUT2D eigenvalue weighted by Crippen LogP contribution is -2.34. The van der Waals surface area contributed by atoms with E-state index in [-0.39, 0.29) is 13.1 Å². The first-order chi connectivity index (χ1) is 6.10. The summed E-state index contributed by atoms with van der Waals surface area (Å²) < 4.78 is 41.7. The molecular weight excluding hydrogens is 234 g/mol. The number of hydrogen-bond acceptors (Lipinski definition) is 6. The summed E-state index contributed by atoms with van der Waals surface area (Å²) in [6, 6.07) is 0. The summed E-state index contributed by atoms with van der Waals surface area (Å²) in [6.45, 7) is -0.511. The van der Waals surface area contributed by atoms with Crippen LogP contribution in [0.25, 0.3) is 0 Å². The quantitative estimate of drug-likeness (QED) is 0.434. The lowest BCUT2D eigenvalue weighted by Gasteiger charge is -2.12. The van der Waals surface area contributed by atoms with E-state index >= 15 is 0 Å². The van der Waals surface area contributed by atoms with E-state index in [1.807, 2.05) is 0 Å². The largest absolute Gasteiger partial charge is 0.314 e. The Labute approximate surface area is 82.5 Å². The van der Waals surface area contributed by atoms with E-state index in [0.717, 1.165) is 0 Å². The van der Waals surface area contributed by atoms with Gasteiger partial charge in [-0.1, -0.05) is 0 Å². The highest BCUT2D eigenvalue weighted by Crippen LogP contribution is 1.87. The van der Waals surface area contributed by atoms with E-state index in [0.29, 0.717) is 5.06 Å². The molecule has 86 valence electrons. The lowest BCUT2D eigenvalue weighted by molar-refractivity contribution is -0.0798. The standard InChI is InChI=1S/C4H13N3O5S2/c5-13(9,10)3-1-7(8)2-4-14(6,11)12/h8H,1-4H2,(H2,5,9,10)(H2,6,11,12). The maximum atomic E-state index is 10.4. The van der Waals surface area contributed by atoms with Crippen LogP contribution >= 0.6 is 0 Å². The second kappa shape index (κ2) is 5.00. The van der Waals surface area contributed by atoms with E-state index in [1.54, 1.807) is 0 Å². The first-order valence-electron chi connectivity index (χ1n) is 3.55. The average molecular weight is 247 g/mol. The fraction of sp³-hybridized carbons (Fsp3) is 1.00. The maximum Gasteiger partial charge on any atom is 0.210 e. The molecule has 0 fully saturated rings. The van der Waals surface area contributed by atoms with Crippen LogP contribution in [-0.2, 0) is 20.0 Å². The van der Waals surface area contributed by atoms with Crippen molar-refractivity contribution in [1.82, 2.24) is 5.06 Å². The highest BCUT2D eigenvalue weighted by atomic mass is 32.2. The van der Waals surface area contributed by atoms with Gasteiger partial charge >= 0.3 is 0 Å². The van der Waals surface area contributed by atoms with E-state index in [4.69, 9.17) is 5.21 Å². The maximum absolute atomic E-state index is 10.4. The minimum absolute atomic E-state index is 0.256. The van der Waals surface area contributed by atoms with Gasteiger partial charge in [0.25, 0.3) is 0 Å². The molecule has 0 aliphatic rings. The van der Waals surface area contributed by atoms with Crippen molar-refractivity contribution in [1.29, 1.82) is 0 Å². The first-order valence-corrected chi connectivity index (χ1v) is 6.98. The fourth-order valence-corrected chi connectivity index (χ4v) is 1.51. The number of nitrogens with zero attached hydrogens (tertiary/aromatic N) is 1. The lowest BCUT2D eigenvalue weighted by atomic mass is 10.6. The van der Waals surface area contributed by atoms with Crippen molar-refractivity contribution in [2.24, 2.45) is 10.3 Å². The van der Waals surface area contributed by atoms with E-state index < -0.39 is 31.6 Å². The van der Waals surface area contributed by atoms with Crippen LogP contribution in [0.5, 0.6) is 0 Å². The molecule has 0 unspecified atom stereocenters. The summed E-state index contributed by atoms with van der Waals surface area (Å²) in [4.78, 5) is 0. The predicted octanol–water partition coefficient (Wildman–Crippen LogP) is -2.75. The Bertz CT molecular complexity index is 324. The summed E-state index contributed by atoms with van der Waals surface area (Å²) in [5.41, 5.74) is 0. The van der Waals surface area contributed by atoms with Gasteiger partial charge in [-0.3, -0.25) is 0 Å². The second-order valence-electron chi connectivity index (χ2n) is 2.69. The molecule has 0 aliphatic heterocycles. The molecule has 10 heteroatoms. The van der Waals surface area contributed by atoms with Crippen LogP contribution in [-0.4, -0.2) is 51.7 Å². The van der Waals surface area contributed by atoms with E-state index in [2.05, 4.69) is 10.3 Å². The zero-order valence-corrected chi connectivity index (χ0v) is 8.96. The van der Waals surface area contributed by atoms with Gasteiger partial charge in [-0.25, -0.2) is 27.1 Å². The SMILES string of the molecule is NS(=O)(=O)CCN(O)CCS(N)(=O)=O. The molecule has 0 aromatic heterocycles. The summed E-state index contributed by atoms with van der Waals surface area (Å²) in [6.07, 6.45) is 0. The van der Waals surface area contributed by atoms with Crippen LogP contribution in [0.2, 0.25) is 0 Å². The van der Waals surface area contributed by atoms with Crippen LogP contribution in [0.3, 0.4) is 0 Å². The Morgan fingerprint density at radius 3 is 1.43 bits per heavy atom. The Balaban J connectivity index is 3.84. The molecule has 0 radical (unpaired) electrons. The number of nitrogens with two attached hydrogens (primary N) is 2. The fourth-order valence-electron chi connectivity index (χ4n) is 0.577. The Kier molecular flexibility index (Phi) is 4.91. The van der Waals surface area contributed by atoms with Crippen molar-refractivity contribution in [3.8, 4) is 0 Å². The molecule has 0 spiro atoms. The zero-order chi connectivity index (χ0) is 11.4. The molecule has 0 saturated carbocycles. The minimum Gasteiger partial charge on any atom is -0.314 e. The van der Waals surface area contributed by atoms with Crippen LogP contribution in [0.4, 0.5) is 0 Å². The second-order valence-corrected chi connectivity index (χ2v) is 6.16. The minimum atomic E-state index is -3.66. The molecule has 0 aromatic rings. The molecule has 14 heavy (non-hydrogen) atoms. The van der Waals surface area contributed by atoms with Gasteiger partial charge in [-0.2, -0.15) is 5.06 Å². The van der Waals surface area contributed by atoms with Crippen molar-refractivity contribution in [3.05, 3.63) is 0 Å². The third-order valence-electron chi connectivity index (χ3n) is 1.27. The van der Waals surface area contributed by atoms with Crippen molar-refractivity contribution >= 4 is 20.0 Å². The molecule has 0 amide bonds. The number of hydroxylamine groups is 2. The molecule has 0 aromatic carbocycles. The van der Waals surface area contributed by atoms with Crippen LogP contribution in [0.1, 0.15) is 0 Å². The molecule has 0 bridgehead atoms. The van der Waals surface area contributed by atoms with Gasteiger partial charge in [0.2, 0.25) is 20.0 Å². The van der Waals surface area contributed by atoms with Gasteiger partial charge in [0.15, 0.2) is 0 Å². The Hall–Kier alpha value is -0.260. The highest BCUT2D eigenvalue weighted by Gasteiger charge is 2.10. The van der Waals surface area contributed by atoms with Gasteiger partial charge < -0.3 is 5.21 Å². The number of primary sulfonamides is 2. The van der Waals surface area contributed by atoms with Crippen LogP contribution in [0, 0.1) is 0 Å². The summed E-state index contributed by atoms with van der Waals surface area (Å²) in [7, 11) is -7.31. The van der Waals surface area contributed by atoms with Gasteiger partial charge in [-0.15, -0.1) is 0 Å². The predicted molar refractivity (Wildman–Crippen MR) is 49.3 cm³/mol. The van der Waals surface area contributed by atoms with Crippen LogP contribution in [0.15, 0.2) is 0 Å². The molecule has 0 heterocycles. The molecular formula is C4H13N3O5S2. The van der Waals surface area contributed by atoms with Gasteiger partial charge in [-0.05, 0) is 0 Å². The van der Waals surface area contributed by atoms with Crippen molar-refractivity contribution in [2.75, 3.05) is 24.6 Å². The molecule has 0 saturated heterocycles. The topological polar surface area (TPSA) is 144 Å². The number of hydrogen-bond donors (Lipinski definition) is 3. The van der Waals surface area contributed by atoms with Gasteiger partial charge in [0.1, 0.15) is 0 Å². The Morgan fingerprint density at radius 2 is 1.21 bits per heavy atom. The molecule has 5 N–H and O–H groups in total. The van der Waals surface area contributed by atoms with E-state index in [1.165, 1.54) is 0 Å². The normalized spacial score (nSPS) is 13.4. The summed E-state index contributed by atoms with van der Waals surface area (Å²) in [5.74, 6) is -0.901. The molecule has 0 rings (SSSR count).